The molecular weight excluding hydrogens is 382 g/mol. The van der Waals surface area contributed by atoms with Crippen LogP contribution in [0.1, 0.15) is 43.6 Å². The van der Waals surface area contributed by atoms with Gasteiger partial charge < -0.3 is 14.5 Å². The van der Waals surface area contributed by atoms with Gasteiger partial charge in [0.1, 0.15) is 0 Å². The summed E-state index contributed by atoms with van der Waals surface area (Å²) in [5.41, 5.74) is 2.58. The Morgan fingerprint density at radius 1 is 0.933 bits per heavy atom. The molecule has 0 spiro atoms. The third-order valence-corrected chi connectivity index (χ3v) is 4.24. The van der Waals surface area contributed by atoms with Gasteiger partial charge in [-0.05, 0) is 71.0 Å². The number of nitrogens with one attached hydrogen (secondary N) is 1. The number of esters is 1. The van der Waals surface area contributed by atoms with E-state index in [2.05, 4.69) is 15.5 Å². The first-order valence-electron chi connectivity index (χ1n) is 9.66. The van der Waals surface area contributed by atoms with Gasteiger partial charge in [0.05, 0.1) is 5.56 Å². The van der Waals surface area contributed by atoms with Crippen LogP contribution in [-0.4, -0.2) is 33.7 Å². The topological polar surface area (TPSA) is 94.3 Å². The highest BCUT2D eigenvalue weighted by molar-refractivity contribution is 5.92. The Hall–Kier alpha value is -3.48. The molecule has 0 fully saturated rings. The minimum atomic E-state index is -0.899. The summed E-state index contributed by atoms with van der Waals surface area (Å²) >= 11 is 0. The number of amides is 1. The molecule has 1 N–H and O–H groups in total. The van der Waals surface area contributed by atoms with Crippen LogP contribution in [0.5, 0.6) is 0 Å². The maximum atomic E-state index is 12.3. The number of hydrogen-bond acceptors (Lipinski definition) is 6. The van der Waals surface area contributed by atoms with Gasteiger partial charge in [-0.2, -0.15) is 0 Å². The van der Waals surface area contributed by atoms with E-state index in [0.717, 1.165) is 11.1 Å². The molecule has 0 aliphatic heterocycles. The van der Waals surface area contributed by atoms with Gasteiger partial charge in [-0.3, -0.25) is 4.79 Å². The molecular formula is C23H25N3O4. The van der Waals surface area contributed by atoms with E-state index in [-0.39, 0.29) is 5.91 Å². The van der Waals surface area contributed by atoms with Gasteiger partial charge in [0.15, 0.2) is 6.10 Å². The predicted octanol–water partition coefficient (Wildman–Crippen LogP) is 4.17. The Bertz CT molecular complexity index is 1030. The molecule has 7 nitrogen and oxygen atoms in total. The minimum absolute atomic E-state index is 0.326. The number of carbonyl (C=O) groups is 2. The Balaban J connectivity index is 1.67. The molecule has 7 heteroatoms. The standard InChI is InChI=1S/C23H25N3O4/c1-14-6-8-16(9-7-14)20-25-26-21(30-20)17-10-12-18(13-11-17)22(28)29-15(2)19(27)24-23(3,4)5/h6-13,15H,1-5H3,(H,24,27). The second-order valence-corrected chi connectivity index (χ2v) is 8.14. The zero-order valence-electron chi connectivity index (χ0n) is 17.7. The largest absolute Gasteiger partial charge is 0.449 e. The van der Waals surface area contributed by atoms with Crippen LogP contribution in [0.4, 0.5) is 0 Å². The number of ether oxygens (including phenoxy) is 1. The van der Waals surface area contributed by atoms with E-state index in [1.165, 1.54) is 0 Å². The number of benzene rings is 2. The summed E-state index contributed by atoms with van der Waals surface area (Å²) in [4.78, 5) is 24.4. The highest BCUT2D eigenvalue weighted by Crippen LogP contribution is 2.24. The van der Waals surface area contributed by atoms with Crippen LogP contribution in [-0.2, 0) is 9.53 Å². The molecule has 156 valence electrons. The normalized spacial score (nSPS) is 12.3. The molecule has 1 unspecified atom stereocenters. The quantitative estimate of drug-likeness (QED) is 0.638. The zero-order chi connectivity index (χ0) is 21.9. The number of aromatic nitrogens is 2. The van der Waals surface area contributed by atoms with Gasteiger partial charge in [0, 0.05) is 16.7 Å². The van der Waals surface area contributed by atoms with Gasteiger partial charge in [-0.25, -0.2) is 4.79 Å². The monoisotopic (exact) mass is 407 g/mol. The van der Waals surface area contributed by atoms with Gasteiger partial charge in [0.25, 0.3) is 5.91 Å². The molecule has 1 atom stereocenters. The lowest BCUT2D eigenvalue weighted by atomic mass is 10.1. The molecule has 0 aliphatic rings. The van der Waals surface area contributed by atoms with Gasteiger partial charge >= 0.3 is 5.97 Å². The van der Waals surface area contributed by atoms with Crippen molar-refractivity contribution in [3.8, 4) is 22.9 Å². The number of rotatable bonds is 5. The molecule has 3 aromatic rings. The Kier molecular flexibility index (Phi) is 6.01. The average Bonchev–Trinajstić information content (AvgIpc) is 3.17. The summed E-state index contributed by atoms with van der Waals surface area (Å²) in [5, 5.41) is 10.9. The van der Waals surface area contributed by atoms with E-state index in [0.29, 0.717) is 22.9 Å². The van der Waals surface area contributed by atoms with E-state index in [1.807, 2.05) is 52.0 Å². The molecule has 1 aromatic heterocycles. The smallest absolute Gasteiger partial charge is 0.338 e. The van der Waals surface area contributed by atoms with Crippen molar-refractivity contribution in [1.82, 2.24) is 15.5 Å². The van der Waals surface area contributed by atoms with E-state index in [1.54, 1.807) is 31.2 Å². The molecule has 1 amide bonds. The maximum absolute atomic E-state index is 12.3. The Morgan fingerprint density at radius 3 is 1.93 bits per heavy atom. The highest BCUT2D eigenvalue weighted by Gasteiger charge is 2.23. The van der Waals surface area contributed by atoms with Gasteiger partial charge in [-0.15, -0.1) is 10.2 Å². The van der Waals surface area contributed by atoms with Gasteiger partial charge in [0.2, 0.25) is 11.8 Å². The van der Waals surface area contributed by atoms with Crippen molar-refractivity contribution in [2.24, 2.45) is 0 Å². The first-order valence-corrected chi connectivity index (χ1v) is 9.66. The van der Waals surface area contributed by atoms with Crippen LogP contribution in [0, 0.1) is 6.92 Å². The van der Waals surface area contributed by atoms with E-state index in [9.17, 15) is 9.59 Å². The Morgan fingerprint density at radius 2 is 1.43 bits per heavy atom. The fraction of sp³-hybridized carbons (Fsp3) is 0.304. The van der Waals surface area contributed by atoms with Crippen molar-refractivity contribution >= 4 is 11.9 Å². The van der Waals surface area contributed by atoms with Crippen molar-refractivity contribution in [2.75, 3.05) is 0 Å². The predicted molar refractivity (Wildman–Crippen MR) is 113 cm³/mol. The van der Waals surface area contributed by atoms with Gasteiger partial charge in [-0.1, -0.05) is 17.7 Å². The fourth-order valence-corrected chi connectivity index (χ4v) is 2.65. The van der Waals surface area contributed by atoms with Crippen LogP contribution in [0.2, 0.25) is 0 Å². The Labute approximate surface area is 175 Å². The lowest BCUT2D eigenvalue weighted by Crippen LogP contribution is -2.46. The average molecular weight is 407 g/mol. The first kappa shape index (κ1) is 21.2. The number of carbonyl (C=O) groups excluding carboxylic acids is 2. The first-order chi connectivity index (χ1) is 14.1. The molecule has 3 rings (SSSR count). The lowest BCUT2D eigenvalue weighted by molar-refractivity contribution is -0.130. The van der Waals surface area contributed by atoms with Crippen molar-refractivity contribution in [3.05, 3.63) is 59.7 Å². The summed E-state index contributed by atoms with van der Waals surface area (Å²) in [5.74, 6) is -0.151. The highest BCUT2D eigenvalue weighted by atomic mass is 16.5. The lowest BCUT2D eigenvalue weighted by Gasteiger charge is -2.23. The van der Waals surface area contributed by atoms with E-state index < -0.39 is 17.6 Å². The van der Waals surface area contributed by atoms with Crippen LogP contribution in [0.25, 0.3) is 22.9 Å². The van der Waals surface area contributed by atoms with Crippen molar-refractivity contribution in [3.63, 3.8) is 0 Å². The SMILES string of the molecule is Cc1ccc(-c2nnc(-c3ccc(C(=O)OC(C)C(=O)NC(C)(C)C)cc3)o2)cc1. The van der Waals surface area contributed by atoms with Crippen molar-refractivity contribution in [2.45, 2.75) is 46.3 Å². The van der Waals surface area contributed by atoms with Crippen LogP contribution >= 0.6 is 0 Å². The summed E-state index contributed by atoms with van der Waals surface area (Å²) in [6.45, 7) is 9.13. The summed E-state index contributed by atoms with van der Waals surface area (Å²) < 4.78 is 11.0. The van der Waals surface area contributed by atoms with Crippen LogP contribution < -0.4 is 5.32 Å². The maximum Gasteiger partial charge on any atom is 0.338 e. The van der Waals surface area contributed by atoms with Crippen LogP contribution in [0.3, 0.4) is 0 Å². The van der Waals surface area contributed by atoms with Crippen molar-refractivity contribution in [1.29, 1.82) is 0 Å². The number of aryl methyl sites for hydroxylation is 1. The molecule has 0 bridgehead atoms. The third kappa shape index (κ3) is 5.31. The van der Waals surface area contributed by atoms with Crippen molar-refractivity contribution < 1.29 is 18.7 Å². The minimum Gasteiger partial charge on any atom is -0.449 e. The summed E-state index contributed by atoms with van der Waals surface area (Å²) in [6.07, 6.45) is -0.899. The summed E-state index contributed by atoms with van der Waals surface area (Å²) in [7, 11) is 0. The molecule has 0 saturated heterocycles. The molecule has 2 aromatic carbocycles. The molecule has 0 radical (unpaired) electrons. The molecule has 1 heterocycles. The number of nitrogens with zero attached hydrogens (tertiary/aromatic N) is 2. The van der Waals surface area contributed by atoms with E-state index >= 15 is 0 Å². The van der Waals surface area contributed by atoms with Crippen LogP contribution in [0.15, 0.2) is 52.9 Å². The third-order valence-electron chi connectivity index (χ3n) is 4.24. The second-order valence-electron chi connectivity index (χ2n) is 8.14. The van der Waals surface area contributed by atoms with E-state index in [4.69, 9.17) is 9.15 Å². The fourth-order valence-electron chi connectivity index (χ4n) is 2.65. The summed E-state index contributed by atoms with van der Waals surface area (Å²) in [6, 6.07) is 14.4. The molecule has 0 saturated carbocycles. The second kappa shape index (κ2) is 8.49. The molecule has 30 heavy (non-hydrogen) atoms. The number of hydrogen-bond donors (Lipinski definition) is 1. The molecule has 0 aliphatic carbocycles. The zero-order valence-corrected chi connectivity index (χ0v) is 17.7.